The molecule has 2 bridgehead atoms. The number of carbonyl (C=O) groups excluding carboxylic acids is 2. The minimum Gasteiger partial charge on any atom is -0.360 e. The summed E-state index contributed by atoms with van der Waals surface area (Å²) in [4.78, 5) is 31.7. The molecule has 0 unspecified atom stereocenters. The first-order valence-electron chi connectivity index (χ1n) is 8.12. The zero-order chi connectivity index (χ0) is 17.0. The third kappa shape index (κ3) is 2.09. The maximum Gasteiger partial charge on any atom is 0.234 e. The third-order valence-corrected chi connectivity index (χ3v) is 5.82. The number of thiazole rings is 1. The largest absolute Gasteiger partial charge is 0.360 e. The fourth-order valence-corrected chi connectivity index (χ4v) is 4.63. The Morgan fingerprint density at radius 2 is 2.20 bits per heavy atom. The van der Waals surface area contributed by atoms with Gasteiger partial charge in [0.05, 0.1) is 24.5 Å². The van der Waals surface area contributed by atoms with E-state index < -0.39 is 17.4 Å². The van der Waals surface area contributed by atoms with E-state index in [0.717, 1.165) is 5.69 Å². The molecular weight excluding hydrogens is 338 g/mol. The standard InChI is InChI=1S/C18H15N3O3S/c22-15(20-17-19-8-9-25-17)13-12-6-7-18(24-12)10-21(16(23)14(13)18)11-4-2-1-3-5-11/h1-9,12-14H,10H2,(H,19,20,22)/t12-,13+,14-,18-/m0/s1. The van der Waals surface area contributed by atoms with Crippen molar-refractivity contribution in [2.45, 2.75) is 11.7 Å². The van der Waals surface area contributed by atoms with Crippen molar-refractivity contribution in [2.24, 2.45) is 11.8 Å². The summed E-state index contributed by atoms with van der Waals surface area (Å²) >= 11 is 1.35. The van der Waals surface area contributed by atoms with Crippen molar-refractivity contribution in [3.05, 3.63) is 54.1 Å². The summed E-state index contributed by atoms with van der Waals surface area (Å²) < 4.78 is 6.11. The van der Waals surface area contributed by atoms with Crippen molar-refractivity contribution in [3.63, 3.8) is 0 Å². The number of carbonyl (C=O) groups is 2. The van der Waals surface area contributed by atoms with Crippen LogP contribution in [0.2, 0.25) is 0 Å². The Morgan fingerprint density at radius 3 is 2.96 bits per heavy atom. The van der Waals surface area contributed by atoms with Gasteiger partial charge in [-0.3, -0.25) is 9.59 Å². The van der Waals surface area contributed by atoms with Crippen LogP contribution in [0.4, 0.5) is 10.8 Å². The van der Waals surface area contributed by atoms with E-state index in [-0.39, 0.29) is 17.9 Å². The molecule has 2 fully saturated rings. The van der Waals surface area contributed by atoms with Gasteiger partial charge in [0.25, 0.3) is 0 Å². The Hall–Kier alpha value is -2.51. The molecule has 3 aliphatic rings. The molecule has 1 aromatic heterocycles. The Labute approximate surface area is 148 Å². The maximum atomic E-state index is 13.1. The number of anilines is 2. The van der Waals surface area contributed by atoms with E-state index in [1.54, 1.807) is 16.5 Å². The molecule has 5 rings (SSSR count). The normalized spacial score (nSPS) is 32.2. The van der Waals surface area contributed by atoms with Crippen molar-refractivity contribution >= 4 is 34.0 Å². The van der Waals surface area contributed by atoms with Crippen molar-refractivity contribution < 1.29 is 14.3 Å². The third-order valence-electron chi connectivity index (χ3n) is 5.13. The Balaban J connectivity index is 1.47. The van der Waals surface area contributed by atoms with Crippen LogP contribution in [-0.2, 0) is 14.3 Å². The van der Waals surface area contributed by atoms with E-state index in [4.69, 9.17) is 4.74 Å². The molecule has 25 heavy (non-hydrogen) atoms. The fraction of sp³-hybridized carbons (Fsp3) is 0.278. The summed E-state index contributed by atoms with van der Waals surface area (Å²) in [6.45, 7) is 0.439. The van der Waals surface area contributed by atoms with Crippen LogP contribution in [0, 0.1) is 11.8 Å². The number of aromatic nitrogens is 1. The van der Waals surface area contributed by atoms with E-state index in [2.05, 4.69) is 10.3 Å². The second-order valence-corrected chi connectivity index (χ2v) is 7.38. The lowest BCUT2D eigenvalue weighted by Gasteiger charge is -2.22. The number of nitrogens with zero attached hydrogens (tertiary/aromatic N) is 2. The first-order chi connectivity index (χ1) is 12.2. The van der Waals surface area contributed by atoms with E-state index in [1.807, 2.05) is 42.5 Å². The van der Waals surface area contributed by atoms with E-state index in [1.165, 1.54) is 11.3 Å². The molecule has 4 atom stereocenters. The topological polar surface area (TPSA) is 71.5 Å². The van der Waals surface area contributed by atoms with Crippen LogP contribution >= 0.6 is 11.3 Å². The summed E-state index contributed by atoms with van der Waals surface area (Å²) in [6.07, 6.45) is 5.14. The molecule has 0 aliphatic carbocycles. The van der Waals surface area contributed by atoms with Crippen molar-refractivity contribution in [1.82, 2.24) is 4.98 Å². The molecular formula is C18H15N3O3S. The number of hydrogen-bond acceptors (Lipinski definition) is 5. The highest BCUT2D eigenvalue weighted by molar-refractivity contribution is 7.13. The lowest BCUT2D eigenvalue weighted by Crippen LogP contribution is -2.41. The van der Waals surface area contributed by atoms with E-state index in [0.29, 0.717) is 11.7 Å². The van der Waals surface area contributed by atoms with Gasteiger partial charge >= 0.3 is 0 Å². The van der Waals surface area contributed by atoms with Crippen molar-refractivity contribution in [2.75, 3.05) is 16.8 Å². The Morgan fingerprint density at radius 1 is 1.36 bits per heavy atom. The number of amides is 2. The van der Waals surface area contributed by atoms with Crippen LogP contribution in [0.3, 0.4) is 0 Å². The van der Waals surface area contributed by atoms with Crippen LogP contribution in [0.25, 0.3) is 0 Å². The predicted molar refractivity (Wildman–Crippen MR) is 93.3 cm³/mol. The minimum absolute atomic E-state index is 0.0580. The fourth-order valence-electron chi connectivity index (χ4n) is 4.10. The predicted octanol–water partition coefficient (Wildman–Crippen LogP) is 2.07. The molecule has 1 spiro atoms. The van der Waals surface area contributed by atoms with Gasteiger partial charge in [-0.2, -0.15) is 0 Å². The molecule has 4 heterocycles. The molecule has 6 nitrogen and oxygen atoms in total. The highest BCUT2D eigenvalue weighted by atomic mass is 32.1. The molecule has 7 heteroatoms. The number of nitrogens with one attached hydrogen (secondary N) is 1. The van der Waals surface area contributed by atoms with Gasteiger partial charge in [-0.1, -0.05) is 30.4 Å². The minimum atomic E-state index is -0.706. The number of ether oxygens (including phenoxy) is 1. The van der Waals surface area contributed by atoms with Gasteiger partial charge < -0.3 is 15.0 Å². The molecule has 2 aromatic rings. The average Bonchev–Trinajstić information content (AvgIpc) is 3.38. The second-order valence-electron chi connectivity index (χ2n) is 6.49. The summed E-state index contributed by atoms with van der Waals surface area (Å²) in [5.41, 5.74) is 0.124. The molecule has 2 saturated heterocycles. The second kappa shape index (κ2) is 5.24. The molecule has 1 aromatic carbocycles. The van der Waals surface area contributed by atoms with Crippen molar-refractivity contribution in [1.29, 1.82) is 0 Å². The van der Waals surface area contributed by atoms with Gasteiger partial charge in [-0.15, -0.1) is 11.3 Å². The van der Waals surface area contributed by atoms with Gasteiger partial charge in [0.1, 0.15) is 5.60 Å². The summed E-state index contributed by atoms with van der Waals surface area (Å²) in [5, 5.41) is 5.15. The summed E-state index contributed by atoms with van der Waals surface area (Å²) in [6, 6.07) is 9.51. The van der Waals surface area contributed by atoms with Gasteiger partial charge in [0.15, 0.2) is 5.13 Å². The van der Waals surface area contributed by atoms with Crippen LogP contribution < -0.4 is 10.2 Å². The average molecular weight is 353 g/mol. The lowest BCUT2D eigenvalue weighted by atomic mass is 9.77. The Bertz CT molecular complexity index is 867. The molecule has 1 N–H and O–H groups in total. The first kappa shape index (κ1) is 14.8. The quantitative estimate of drug-likeness (QED) is 0.858. The highest BCUT2D eigenvalue weighted by Crippen LogP contribution is 2.52. The zero-order valence-corrected chi connectivity index (χ0v) is 14.0. The zero-order valence-electron chi connectivity index (χ0n) is 13.2. The van der Waals surface area contributed by atoms with Crippen LogP contribution in [-0.4, -0.2) is 35.0 Å². The van der Waals surface area contributed by atoms with Gasteiger partial charge in [-0.25, -0.2) is 4.98 Å². The van der Waals surface area contributed by atoms with Crippen molar-refractivity contribution in [3.8, 4) is 0 Å². The van der Waals surface area contributed by atoms with Gasteiger partial charge in [0, 0.05) is 17.3 Å². The van der Waals surface area contributed by atoms with Crippen LogP contribution in [0.5, 0.6) is 0 Å². The Kier molecular flexibility index (Phi) is 3.10. The number of hydrogen-bond donors (Lipinski definition) is 1. The first-order valence-corrected chi connectivity index (χ1v) is 9.00. The molecule has 0 saturated carbocycles. The summed E-state index contributed by atoms with van der Waals surface area (Å²) in [5.74, 6) is -1.30. The molecule has 126 valence electrons. The van der Waals surface area contributed by atoms with E-state index >= 15 is 0 Å². The number of benzene rings is 1. The smallest absolute Gasteiger partial charge is 0.234 e. The lowest BCUT2D eigenvalue weighted by molar-refractivity contribution is -0.128. The van der Waals surface area contributed by atoms with Crippen LogP contribution in [0.1, 0.15) is 0 Å². The highest BCUT2D eigenvalue weighted by Gasteiger charge is 2.67. The number of fused-ring (bicyclic) bond motifs is 1. The summed E-state index contributed by atoms with van der Waals surface area (Å²) in [7, 11) is 0. The number of para-hydroxylation sites is 1. The molecule has 2 amide bonds. The van der Waals surface area contributed by atoms with Gasteiger partial charge in [0.2, 0.25) is 11.8 Å². The molecule has 3 aliphatic heterocycles. The van der Waals surface area contributed by atoms with Crippen LogP contribution in [0.15, 0.2) is 54.1 Å². The monoisotopic (exact) mass is 353 g/mol. The number of rotatable bonds is 3. The SMILES string of the molecule is O=C(Nc1nccs1)[C@@H]1[C@@H]2C=C[C@@]3(CN(c4ccccc4)C(=O)[C@H]13)O2. The molecule has 0 radical (unpaired) electrons. The van der Waals surface area contributed by atoms with Gasteiger partial charge in [-0.05, 0) is 12.1 Å². The van der Waals surface area contributed by atoms with E-state index in [9.17, 15) is 9.59 Å². The maximum absolute atomic E-state index is 13.1.